The van der Waals surface area contributed by atoms with Gasteiger partial charge in [0.25, 0.3) is 0 Å². The fourth-order valence-corrected chi connectivity index (χ4v) is 1.62. The Kier molecular flexibility index (Phi) is 2.70. The Labute approximate surface area is 98.5 Å². The van der Waals surface area contributed by atoms with Crippen molar-refractivity contribution in [1.82, 2.24) is 0 Å². The van der Waals surface area contributed by atoms with Gasteiger partial charge >= 0.3 is 5.97 Å². The summed E-state index contributed by atoms with van der Waals surface area (Å²) in [5.74, 6) is -0.947. The summed E-state index contributed by atoms with van der Waals surface area (Å²) in [6, 6.07) is 11.7. The van der Waals surface area contributed by atoms with Crippen LogP contribution in [0.2, 0.25) is 0 Å². The third-order valence-electron chi connectivity index (χ3n) is 2.52. The molecule has 2 aromatic rings. The molecule has 0 aliphatic rings. The Morgan fingerprint density at radius 3 is 2.24 bits per heavy atom. The zero-order valence-corrected chi connectivity index (χ0v) is 9.05. The van der Waals surface area contributed by atoms with E-state index >= 15 is 0 Å². The Balaban J connectivity index is 2.46. The van der Waals surface area contributed by atoms with Crippen molar-refractivity contribution in [3.05, 3.63) is 48.0 Å². The molecule has 0 heterocycles. The van der Waals surface area contributed by atoms with Crippen molar-refractivity contribution >= 4 is 17.3 Å². The largest absolute Gasteiger partial charge is 0.478 e. The van der Waals surface area contributed by atoms with Crippen LogP contribution in [-0.4, -0.2) is 11.1 Å². The van der Waals surface area contributed by atoms with Gasteiger partial charge in [0.05, 0.1) is 5.56 Å². The van der Waals surface area contributed by atoms with Gasteiger partial charge in [-0.2, -0.15) is 0 Å². The van der Waals surface area contributed by atoms with Crippen LogP contribution in [0, 0.1) is 0 Å². The van der Waals surface area contributed by atoms with Crippen LogP contribution in [0.3, 0.4) is 0 Å². The van der Waals surface area contributed by atoms with E-state index in [1.807, 2.05) is 0 Å². The van der Waals surface area contributed by atoms with Crippen LogP contribution >= 0.6 is 0 Å². The van der Waals surface area contributed by atoms with Crippen LogP contribution in [0.15, 0.2) is 42.5 Å². The Hall–Kier alpha value is -2.49. The average molecular weight is 228 g/mol. The van der Waals surface area contributed by atoms with Crippen LogP contribution in [0.5, 0.6) is 0 Å². The molecular weight excluding hydrogens is 216 g/mol. The first-order valence-corrected chi connectivity index (χ1v) is 5.06. The minimum Gasteiger partial charge on any atom is -0.478 e. The second-order valence-electron chi connectivity index (χ2n) is 3.73. The van der Waals surface area contributed by atoms with Crippen molar-refractivity contribution in [3.8, 4) is 11.1 Å². The predicted octanol–water partition coefficient (Wildman–Crippen LogP) is 2.22. The van der Waals surface area contributed by atoms with E-state index in [0.29, 0.717) is 11.4 Å². The van der Waals surface area contributed by atoms with E-state index in [1.54, 1.807) is 42.5 Å². The summed E-state index contributed by atoms with van der Waals surface area (Å²) in [6.07, 6.45) is 0. The van der Waals surface area contributed by atoms with E-state index < -0.39 is 5.97 Å². The van der Waals surface area contributed by atoms with Gasteiger partial charge in [-0.15, -0.1) is 0 Å². The first-order chi connectivity index (χ1) is 8.08. The molecule has 5 N–H and O–H groups in total. The zero-order valence-electron chi connectivity index (χ0n) is 9.05. The molecule has 17 heavy (non-hydrogen) atoms. The first-order valence-electron chi connectivity index (χ1n) is 5.06. The van der Waals surface area contributed by atoms with Gasteiger partial charge in [-0.05, 0) is 35.9 Å². The van der Waals surface area contributed by atoms with Gasteiger partial charge in [0.15, 0.2) is 0 Å². The topological polar surface area (TPSA) is 89.3 Å². The Morgan fingerprint density at radius 2 is 1.65 bits per heavy atom. The molecule has 0 spiro atoms. The molecule has 0 fully saturated rings. The van der Waals surface area contributed by atoms with Gasteiger partial charge in [0, 0.05) is 16.9 Å². The van der Waals surface area contributed by atoms with Gasteiger partial charge in [0.1, 0.15) is 0 Å². The highest BCUT2D eigenvalue weighted by molar-refractivity contribution is 5.89. The highest BCUT2D eigenvalue weighted by Crippen LogP contribution is 2.28. The van der Waals surface area contributed by atoms with Crippen LogP contribution < -0.4 is 11.5 Å². The van der Waals surface area contributed by atoms with Crippen molar-refractivity contribution in [3.63, 3.8) is 0 Å². The third-order valence-corrected chi connectivity index (χ3v) is 2.52. The van der Waals surface area contributed by atoms with E-state index in [9.17, 15) is 4.79 Å². The van der Waals surface area contributed by atoms with Crippen molar-refractivity contribution in [2.45, 2.75) is 0 Å². The normalized spacial score (nSPS) is 10.1. The molecule has 0 saturated heterocycles. The summed E-state index contributed by atoms with van der Waals surface area (Å²) in [6.45, 7) is 0. The molecule has 0 aliphatic carbocycles. The molecule has 0 atom stereocenters. The quantitative estimate of drug-likeness (QED) is 0.687. The summed E-state index contributed by atoms with van der Waals surface area (Å²) in [4.78, 5) is 10.7. The molecule has 4 heteroatoms. The number of carbonyl (C=O) groups is 1. The monoisotopic (exact) mass is 228 g/mol. The van der Waals surface area contributed by atoms with E-state index in [-0.39, 0.29) is 5.56 Å². The molecular formula is C13H12N2O2. The average Bonchev–Trinajstić information content (AvgIpc) is 2.32. The van der Waals surface area contributed by atoms with E-state index in [1.165, 1.54) is 0 Å². The molecule has 0 aromatic heterocycles. The fourth-order valence-electron chi connectivity index (χ4n) is 1.62. The van der Waals surface area contributed by atoms with E-state index in [0.717, 1.165) is 11.1 Å². The first kappa shape index (κ1) is 11.0. The van der Waals surface area contributed by atoms with Crippen molar-refractivity contribution < 1.29 is 9.90 Å². The molecule has 4 nitrogen and oxygen atoms in total. The highest BCUT2D eigenvalue weighted by atomic mass is 16.4. The number of rotatable bonds is 2. The van der Waals surface area contributed by atoms with Crippen LogP contribution in [0.4, 0.5) is 11.4 Å². The predicted molar refractivity (Wildman–Crippen MR) is 67.7 cm³/mol. The second kappa shape index (κ2) is 4.17. The third kappa shape index (κ3) is 2.20. The fraction of sp³-hybridized carbons (Fsp3) is 0. The number of carboxylic acid groups (broad SMARTS) is 1. The minimum absolute atomic E-state index is 0.247. The Morgan fingerprint density at radius 1 is 1.00 bits per heavy atom. The maximum Gasteiger partial charge on any atom is 0.335 e. The van der Waals surface area contributed by atoms with Gasteiger partial charge in [-0.25, -0.2) is 4.79 Å². The van der Waals surface area contributed by atoms with Crippen molar-refractivity contribution in [1.29, 1.82) is 0 Å². The number of nitrogens with two attached hydrogens (primary N) is 2. The summed E-state index contributed by atoms with van der Waals surface area (Å²) in [5, 5.41) is 8.80. The SMILES string of the molecule is Nc1ccc(N)c(-c2ccc(C(=O)O)cc2)c1. The van der Waals surface area contributed by atoms with E-state index in [2.05, 4.69) is 0 Å². The molecule has 2 aromatic carbocycles. The summed E-state index contributed by atoms with van der Waals surface area (Å²) in [5.41, 5.74) is 14.7. The molecule has 0 aliphatic heterocycles. The van der Waals surface area contributed by atoms with Crippen LogP contribution in [0.25, 0.3) is 11.1 Å². The summed E-state index contributed by atoms with van der Waals surface area (Å²) >= 11 is 0. The maximum atomic E-state index is 10.7. The molecule has 86 valence electrons. The molecule has 0 bridgehead atoms. The van der Waals surface area contributed by atoms with Gasteiger partial charge < -0.3 is 16.6 Å². The van der Waals surface area contributed by atoms with E-state index in [4.69, 9.17) is 16.6 Å². The lowest BCUT2D eigenvalue weighted by molar-refractivity contribution is 0.0697. The van der Waals surface area contributed by atoms with Crippen molar-refractivity contribution in [2.75, 3.05) is 11.5 Å². The highest BCUT2D eigenvalue weighted by Gasteiger charge is 2.05. The summed E-state index contributed by atoms with van der Waals surface area (Å²) < 4.78 is 0. The molecule has 0 unspecified atom stereocenters. The maximum absolute atomic E-state index is 10.7. The Bertz CT molecular complexity index is 562. The van der Waals surface area contributed by atoms with Crippen LogP contribution in [0.1, 0.15) is 10.4 Å². The minimum atomic E-state index is -0.947. The smallest absolute Gasteiger partial charge is 0.335 e. The van der Waals surface area contributed by atoms with Gasteiger partial charge in [-0.1, -0.05) is 12.1 Å². The van der Waals surface area contributed by atoms with Gasteiger partial charge in [0.2, 0.25) is 0 Å². The second-order valence-corrected chi connectivity index (χ2v) is 3.73. The number of nitrogen functional groups attached to an aromatic ring is 2. The molecule has 0 radical (unpaired) electrons. The lowest BCUT2D eigenvalue weighted by Crippen LogP contribution is -1.96. The molecule has 2 rings (SSSR count). The number of hydrogen-bond donors (Lipinski definition) is 3. The standard InChI is InChI=1S/C13H12N2O2/c14-10-5-6-12(15)11(7-10)8-1-3-9(4-2-8)13(16)17/h1-7H,14-15H2,(H,16,17). The number of aromatic carboxylic acids is 1. The molecule has 0 amide bonds. The van der Waals surface area contributed by atoms with Gasteiger partial charge in [-0.3, -0.25) is 0 Å². The molecule has 0 saturated carbocycles. The zero-order chi connectivity index (χ0) is 12.4. The lowest BCUT2D eigenvalue weighted by atomic mass is 10.0. The summed E-state index contributed by atoms with van der Waals surface area (Å²) in [7, 11) is 0. The number of benzene rings is 2. The number of anilines is 2. The van der Waals surface area contributed by atoms with Crippen LogP contribution in [-0.2, 0) is 0 Å². The lowest BCUT2D eigenvalue weighted by Gasteiger charge is -2.07. The number of carboxylic acids is 1. The van der Waals surface area contributed by atoms with Crippen molar-refractivity contribution in [2.24, 2.45) is 0 Å². The number of hydrogen-bond acceptors (Lipinski definition) is 3.